The third-order valence-electron chi connectivity index (χ3n) is 4.79. The van der Waals surface area contributed by atoms with Crippen LogP contribution in [0.5, 0.6) is 0 Å². The van der Waals surface area contributed by atoms with E-state index in [0.717, 1.165) is 28.9 Å². The SMILES string of the molecule is O=C(OO)c1[nH]nc2c1CCc1ccc(-c3cnn(-c4cccnc4)c3)nc1-2. The third-order valence-corrected chi connectivity index (χ3v) is 4.79. The molecule has 1 aliphatic rings. The van der Waals surface area contributed by atoms with Crippen LogP contribution in [0.4, 0.5) is 0 Å². The molecule has 4 heterocycles. The number of fused-ring (bicyclic) bond motifs is 3. The van der Waals surface area contributed by atoms with Gasteiger partial charge in [0.2, 0.25) is 0 Å². The molecular formula is C19H14N6O3. The minimum atomic E-state index is -0.855. The molecule has 0 bridgehead atoms. The standard InChI is InChI=1S/C19H14N6O3/c26-19(28-27)18-14-5-3-11-4-6-15(22-16(11)17(14)23-24-18)12-8-21-25(10-12)13-2-1-7-20-9-13/h1-2,4,6-10,27H,3,5H2,(H,23,24). The number of carbonyl (C=O) groups excluding carboxylic acids is 1. The van der Waals surface area contributed by atoms with Gasteiger partial charge >= 0.3 is 5.97 Å². The number of aromatic nitrogens is 6. The summed E-state index contributed by atoms with van der Waals surface area (Å²) in [6.45, 7) is 0. The molecule has 1 aliphatic carbocycles. The topological polar surface area (TPSA) is 119 Å². The number of nitrogens with zero attached hydrogens (tertiary/aromatic N) is 5. The number of aromatic amines is 1. The van der Waals surface area contributed by atoms with Crippen LogP contribution in [0.15, 0.2) is 49.1 Å². The molecule has 138 valence electrons. The van der Waals surface area contributed by atoms with Gasteiger partial charge in [0.1, 0.15) is 5.69 Å². The summed E-state index contributed by atoms with van der Waals surface area (Å²) in [6, 6.07) is 7.73. The fraction of sp³-hybridized carbons (Fsp3) is 0.105. The van der Waals surface area contributed by atoms with Crippen LogP contribution in [0.1, 0.15) is 21.6 Å². The van der Waals surface area contributed by atoms with Crippen LogP contribution in [0.25, 0.3) is 28.3 Å². The number of carbonyl (C=O) groups is 1. The summed E-state index contributed by atoms with van der Waals surface area (Å²) in [6.07, 6.45) is 8.40. The Kier molecular flexibility index (Phi) is 3.73. The average Bonchev–Trinajstić information content (AvgIpc) is 3.41. The van der Waals surface area contributed by atoms with E-state index >= 15 is 0 Å². The lowest BCUT2D eigenvalue weighted by Crippen LogP contribution is -2.10. The van der Waals surface area contributed by atoms with E-state index in [9.17, 15) is 4.79 Å². The van der Waals surface area contributed by atoms with Crippen LogP contribution in [-0.2, 0) is 17.7 Å². The minimum Gasteiger partial charge on any atom is -0.294 e. The molecule has 0 atom stereocenters. The Bertz CT molecular complexity index is 1180. The molecule has 9 heteroatoms. The van der Waals surface area contributed by atoms with Gasteiger partial charge in [-0.05, 0) is 36.6 Å². The molecule has 0 fully saturated rings. The summed E-state index contributed by atoms with van der Waals surface area (Å²) in [7, 11) is 0. The lowest BCUT2D eigenvalue weighted by atomic mass is 9.92. The first-order valence-electron chi connectivity index (χ1n) is 8.63. The van der Waals surface area contributed by atoms with Gasteiger partial charge in [-0.2, -0.15) is 15.5 Å². The minimum absolute atomic E-state index is 0.153. The van der Waals surface area contributed by atoms with Gasteiger partial charge in [-0.1, -0.05) is 6.07 Å². The highest BCUT2D eigenvalue weighted by molar-refractivity contribution is 5.91. The molecular weight excluding hydrogens is 360 g/mol. The van der Waals surface area contributed by atoms with E-state index in [4.69, 9.17) is 10.2 Å². The average molecular weight is 374 g/mol. The molecule has 9 nitrogen and oxygen atoms in total. The van der Waals surface area contributed by atoms with Gasteiger partial charge in [0.15, 0.2) is 5.69 Å². The van der Waals surface area contributed by atoms with Crippen LogP contribution >= 0.6 is 0 Å². The summed E-state index contributed by atoms with van der Waals surface area (Å²) in [5.41, 5.74) is 5.66. The second-order valence-electron chi connectivity index (χ2n) is 6.39. The number of rotatable bonds is 3. The molecule has 4 aromatic heterocycles. The Morgan fingerprint density at radius 2 is 2.11 bits per heavy atom. The molecule has 2 N–H and O–H groups in total. The predicted octanol–water partition coefficient (Wildman–Crippen LogP) is 2.45. The molecule has 28 heavy (non-hydrogen) atoms. The Morgan fingerprint density at radius 1 is 1.18 bits per heavy atom. The summed E-state index contributed by atoms with van der Waals surface area (Å²) >= 11 is 0. The van der Waals surface area contributed by atoms with E-state index in [0.29, 0.717) is 23.4 Å². The van der Waals surface area contributed by atoms with E-state index in [2.05, 4.69) is 25.2 Å². The molecule has 0 saturated carbocycles. The fourth-order valence-corrected chi connectivity index (χ4v) is 3.42. The fourth-order valence-electron chi connectivity index (χ4n) is 3.42. The molecule has 0 spiro atoms. The largest absolute Gasteiger partial charge is 0.390 e. The van der Waals surface area contributed by atoms with Crippen LogP contribution in [0.2, 0.25) is 0 Å². The van der Waals surface area contributed by atoms with Gasteiger partial charge in [0.25, 0.3) is 0 Å². The van der Waals surface area contributed by atoms with Crippen molar-refractivity contribution < 1.29 is 14.9 Å². The summed E-state index contributed by atoms with van der Waals surface area (Å²) in [4.78, 5) is 24.4. The van der Waals surface area contributed by atoms with Crippen molar-refractivity contribution in [3.8, 4) is 28.3 Å². The second kappa shape index (κ2) is 6.39. The molecule has 4 aromatic rings. The maximum atomic E-state index is 11.7. The first-order chi connectivity index (χ1) is 13.7. The highest BCUT2D eigenvalue weighted by Crippen LogP contribution is 2.34. The van der Waals surface area contributed by atoms with Crippen LogP contribution in [0, 0.1) is 0 Å². The summed E-state index contributed by atoms with van der Waals surface area (Å²) in [5, 5.41) is 19.9. The molecule has 0 saturated heterocycles. The van der Waals surface area contributed by atoms with Gasteiger partial charge in [-0.15, -0.1) is 0 Å². The van der Waals surface area contributed by atoms with Crippen LogP contribution in [-0.4, -0.2) is 41.2 Å². The number of hydrogen-bond acceptors (Lipinski definition) is 7. The van der Waals surface area contributed by atoms with Gasteiger partial charge < -0.3 is 0 Å². The Labute approximate surface area is 158 Å². The molecule has 5 rings (SSSR count). The third kappa shape index (κ3) is 2.57. The van der Waals surface area contributed by atoms with E-state index in [1.54, 1.807) is 23.3 Å². The molecule has 0 radical (unpaired) electrons. The van der Waals surface area contributed by atoms with Crippen molar-refractivity contribution >= 4 is 5.97 Å². The van der Waals surface area contributed by atoms with Crippen molar-refractivity contribution in [1.82, 2.24) is 29.9 Å². The Balaban J connectivity index is 1.55. The van der Waals surface area contributed by atoms with E-state index in [-0.39, 0.29) is 5.69 Å². The van der Waals surface area contributed by atoms with E-state index in [1.165, 1.54) is 0 Å². The predicted molar refractivity (Wildman–Crippen MR) is 97.6 cm³/mol. The number of aryl methyl sites for hydroxylation is 1. The number of nitrogens with one attached hydrogen (secondary N) is 1. The quantitative estimate of drug-likeness (QED) is 0.417. The van der Waals surface area contributed by atoms with E-state index < -0.39 is 5.97 Å². The zero-order chi connectivity index (χ0) is 19.1. The monoisotopic (exact) mass is 374 g/mol. The Hall–Kier alpha value is -3.85. The first kappa shape index (κ1) is 16.3. The highest BCUT2D eigenvalue weighted by atomic mass is 17.1. The highest BCUT2D eigenvalue weighted by Gasteiger charge is 2.27. The Morgan fingerprint density at radius 3 is 2.93 bits per heavy atom. The van der Waals surface area contributed by atoms with Gasteiger partial charge in [-0.25, -0.2) is 14.5 Å². The van der Waals surface area contributed by atoms with Crippen molar-refractivity contribution in [3.63, 3.8) is 0 Å². The number of hydrogen-bond donors (Lipinski definition) is 2. The van der Waals surface area contributed by atoms with Crippen LogP contribution in [0.3, 0.4) is 0 Å². The summed E-state index contributed by atoms with van der Waals surface area (Å²) < 4.78 is 1.73. The van der Waals surface area contributed by atoms with Gasteiger partial charge in [0.05, 0.1) is 29.5 Å². The number of pyridine rings is 2. The second-order valence-corrected chi connectivity index (χ2v) is 6.39. The normalized spacial score (nSPS) is 12.3. The van der Waals surface area contributed by atoms with E-state index in [1.807, 2.05) is 30.5 Å². The zero-order valence-electron chi connectivity index (χ0n) is 14.5. The van der Waals surface area contributed by atoms with Crippen molar-refractivity contribution in [2.45, 2.75) is 12.8 Å². The van der Waals surface area contributed by atoms with Crippen molar-refractivity contribution in [1.29, 1.82) is 0 Å². The van der Waals surface area contributed by atoms with Crippen molar-refractivity contribution in [3.05, 3.63) is 65.9 Å². The smallest absolute Gasteiger partial charge is 0.294 e. The first-order valence-corrected chi connectivity index (χ1v) is 8.63. The lowest BCUT2D eigenvalue weighted by Gasteiger charge is -2.15. The van der Waals surface area contributed by atoms with Crippen molar-refractivity contribution in [2.75, 3.05) is 0 Å². The molecule has 0 amide bonds. The molecule has 0 aliphatic heterocycles. The number of H-pyrrole nitrogens is 1. The lowest BCUT2D eigenvalue weighted by molar-refractivity contribution is -0.183. The zero-order valence-corrected chi connectivity index (χ0v) is 14.5. The van der Waals surface area contributed by atoms with Gasteiger partial charge in [0, 0.05) is 23.5 Å². The molecule has 0 aromatic carbocycles. The summed E-state index contributed by atoms with van der Waals surface area (Å²) in [5.74, 6) is -0.855. The van der Waals surface area contributed by atoms with Gasteiger partial charge in [-0.3, -0.25) is 15.0 Å². The molecule has 0 unspecified atom stereocenters. The van der Waals surface area contributed by atoms with Crippen LogP contribution < -0.4 is 0 Å². The maximum Gasteiger partial charge on any atom is 0.390 e. The maximum absolute atomic E-state index is 11.7. The van der Waals surface area contributed by atoms with Crippen molar-refractivity contribution in [2.24, 2.45) is 0 Å².